The lowest BCUT2D eigenvalue weighted by Gasteiger charge is -2.10. The van der Waals surface area contributed by atoms with Crippen molar-refractivity contribution in [3.8, 4) is 0 Å². The monoisotopic (exact) mass is 462 g/mol. The van der Waals surface area contributed by atoms with E-state index in [1.165, 1.54) is 48.5 Å². The average molecular weight is 462 g/mol. The van der Waals surface area contributed by atoms with Crippen LogP contribution in [-0.4, -0.2) is 34.9 Å². The highest BCUT2D eigenvalue weighted by Gasteiger charge is 2.17. The van der Waals surface area contributed by atoms with E-state index < -0.39 is 23.4 Å². The minimum Gasteiger partial charge on any atom is -0.368 e. The lowest BCUT2D eigenvalue weighted by atomic mass is 10.0. The van der Waals surface area contributed by atoms with Gasteiger partial charge in [0.05, 0.1) is 22.8 Å². The van der Waals surface area contributed by atoms with E-state index in [9.17, 15) is 18.4 Å². The molecular weight excluding hydrogens is 442 g/mol. The molecule has 5 N–H and O–H groups in total. The molecule has 0 unspecified atom stereocenters. The molecule has 0 saturated carbocycles. The predicted octanol–water partition coefficient (Wildman–Crippen LogP) is 4.15. The fourth-order valence-corrected chi connectivity index (χ4v) is 3.20. The van der Waals surface area contributed by atoms with Crippen LogP contribution in [0.25, 0.3) is 11.0 Å². The summed E-state index contributed by atoms with van der Waals surface area (Å²) < 4.78 is 27.5. The van der Waals surface area contributed by atoms with E-state index in [0.29, 0.717) is 35.6 Å². The summed E-state index contributed by atoms with van der Waals surface area (Å²) in [7, 11) is 0. The van der Waals surface area contributed by atoms with Gasteiger partial charge in [0.1, 0.15) is 17.5 Å². The number of aromatic nitrogens is 2. The molecule has 0 aliphatic rings. The summed E-state index contributed by atoms with van der Waals surface area (Å²) in [6.45, 7) is 0.933. The summed E-state index contributed by atoms with van der Waals surface area (Å²) in [5.41, 5.74) is 7.09. The normalized spacial score (nSPS) is 10.7. The second kappa shape index (κ2) is 10.0. The zero-order valence-electron chi connectivity index (χ0n) is 17.8. The highest BCUT2D eigenvalue weighted by molar-refractivity contribution is 6.11. The van der Waals surface area contributed by atoms with E-state index in [1.54, 1.807) is 12.3 Å². The largest absolute Gasteiger partial charge is 0.368 e. The van der Waals surface area contributed by atoms with Gasteiger partial charge in [0.25, 0.3) is 0 Å². The van der Waals surface area contributed by atoms with Crippen LogP contribution in [0.3, 0.4) is 0 Å². The summed E-state index contributed by atoms with van der Waals surface area (Å²) >= 11 is 0. The SMILES string of the molecule is NCCNc1cnc2ccc(C(=O)c3cc(NC(=O)Nc4ccc(F)cc4)ccc3F)cc2n1. The van der Waals surface area contributed by atoms with Crippen LogP contribution in [0.15, 0.2) is 66.9 Å². The molecule has 0 bridgehead atoms. The number of nitrogens with two attached hydrogens (primary N) is 1. The Morgan fingerprint density at radius 3 is 2.38 bits per heavy atom. The molecule has 8 nitrogen and oxygen atoms in total. The zero-order chi connectivity index (χ0) is 24.1. The molecule has 1 aromatic heterocycles. The Kier molecular flexibility index (Phi) is 6.69. The van der Waals surface area contributed by atoms with Crippen LogP contribution in [0, 0.1) is 11.6 Å². The molecule has 0 radical (unpaired) electrons. The second-order valence-electron chi connectivity index (χ2n) is 7.28. The Morgan fingerprint density at radius 1 is 0.882 bits per heavy atom. The van der Waals surface area contributed by atoms with E-state index in [0.717, 1.165) is 6.07 Å². The minimum absolute atomic E-state index is 0.207. The van der Waals surface area contributed by atoms with E-state index in [1.807, 2.05) is 0 Å². The van der Waals surface area contributed by atoms with Gasteiger partial charge in [0.15, 0.2) is 5.78 Å². The first-order valence-electron chi connectivity index (χ1n) is 10.3. The van der Waals surface area contributed by atoms with Gasteiger partial charge in [-0.2, -0.15) is 0 Å². The number of carbonyl (C=O) groups excluding carboxylic acids is 2. The molecule has 4 rings (SSSR count). The molecule has 10 heteroatoms. The number of nitrogens with one attached hydrogen (secondary N) is 3. The van der Waals surface area contributed by atoms with E-state index in [2.05, 4.69) is 25.9 Å². The molecule has 172 valence electrons. The maximum atomic E-state index is 14.5. The van der Waals surface area contributed by atoms with Crippen LogP contribution >= 0.6 is 0 Å². The van der Waals surface area contributed by atoms with Crippen molar-refractivity contribution in [1.29, 1.82) is 0 Å². The van der Waals surface area contributed by atoms with Gasteiger partial charge < -0.3 is 21.7 Å². The number of hydrogen-bond acceptors (Lipinski definition) is 6. The van der Waals surface area contributed by atoms with Crippen molar-refractivity contribution in [3.63, 3.8) is 0 Å². The molecule has 4 aromatic rings. The molecule has 34 heavy (non-hydrogen) atoms. The van der Waals surface area contributed by atoms with Crippen molar-refractivity contribution < 1.29 is 18.4 Å². The average Bonchev–Trinajstić information content (AvgIpc) is 2.84. The van der Waals surface area contributed by atoms with Crippen molar-refractivity contribution in [2.75, 3.05) is 29.0 Å². The standard InChI is InChI=1S/C24H20F2N6O2/c25-15-2-4-16(5-3-15)30-24(34)31-17-6-7-19(26)18(12-17)23(33)14-1-8-20-21(11-14)32-22(13-29-20)28-10-9-27/h1-8,11-13H,9-10,27H2,(H,28,32)(H2,30,31,34). The first kappa shape index (κ1) is 22.7. The maximum absolute atomic E-state index is 14.5. The topological polar surface area (TPSA) is 122 Å². The number of nitrogens with zero attached hydrogens (tertiary/aromatic N) is 2. The van der Waals surface area contributed by atoms with E-state index in [-0.39, 0.29) is 16.8 Å². The summed E-state index contributed by atoms with van der Waals surface area (Å²) in [6, 6.07) is 12.9. The lowest BCUT2D eigenvalue weighted by Crippen LogP contribution is -2.19. The second-order valence-corrected chi connectivity index (χ2v) is 7.28. The van der Waals surface area contributed by atoms with Crippen molar-refractivity contribution in [1.82, 2.24) is 9.97 Å². The van der Waals surface area contributed by atoms with Crippen LogP contribution in [0.2, 0.25) is 0 Å². The van der Waals surface area contributed by atoms with Gasteiger partial charge in [-0.15, -0.1) is 0 Å². The van der Waals surface area contributed by atoms with Gasteiger partial charge in [0, 0.05) is 30.0 Å². The third-order valence-corrected chi connectivity index (χ3v) is 4.83. The number of anilines is 3. The first-order chi connectivity index (χ1) is 16.4. The number of urea groups is 1. The van der Waals surface area contributed by atoms with Gasteiger partial charge in [-0.3, -0.25) is 9.78 Å². The number of benzene rings is 3. The smallest absolute Gasteiger partial charge is 0.323 e. The van der Waals surface area contributed by atoms with Gasteiger partial charge in [-0.05, 0) is 60.7 Å². The third-order valence-electron chi connectivity index (χ3n) is 4.83. The quantitative estimate of drug-likeness (QED) is 0.306. The van der Waals surface area contributed by atoms with Gasteiger partial charge in [0.2, 0.25) is 0 Å². The van der Waals surface area contributed by atoms with Crippen LogP contribution in [0.4, 0.5) is 30.8 Å². The van der Waals surface area contributed by atoms with Crippen molar-refractivity contribution >= 4 is 40.0 Å². The van der Waals surface area contributed by atoms with Crippen LogP contribution < -0.4 is 21.7 Å². The summed E-state index contributed by atoms with van der Waals surface area (Å²) in [5, 5.41) is 8.07. The van der Waals surface area contributed by atoms with Crippen molar-refractivity contribution in [3.05, 3.63) is 89.6 Å². The molecular formula is C24H20F2N6O2. The Labute approximate surface area is 193 Å². The Bertz CT molecular complexity index is 1360. The molecule has 1 heterocycles. The Hall–Kier alpha value is -4.44. The molecule has 0 fully saturated rings. The van der Waals surface area contributed by atoms with Crippen molar-refractivity contribution in [2.24, 2.45) is 5.73 Å². The van der Waals surface area contributed by atoms with Crippen LogP contribution in [-0.2, 0) is 0 Å². The number of ketones is 1. The van der Waals surface area contributed by atoms with Gasteiger partial charge >= 0.3 is 6.03 Å². The Balaban J connectivity index is 1.54. The maximum Gasteiger partial charge on any atom is 0.323 e. The molecule has 0 aliphatic heterocycles. The molecule has 3 aromatic carbocycles. The number of amides is 2. The van der Waals surface area contributed by atoms with E-state index in [4.69, 9.17) is 5.73 Å². The number of carbonyl (C=O) groups is 2. The minimum atomic E-state index is -0.737. The molecule has 0 atom stereocenters. The first-order valence-corrected chi connectivity index (χ1v) is 10.3. The highest BCUT2D eigenvalue weighted by Crippen LogP contribution is 2.21. The predicted molar refractivity (Wildman–Crippen MR) is 126 cm³/mol. The van der Waals surface area contributed by atoms with E-state index >= 15 is 0 Å². The van der Waals surface area contributed by atoms with Gasteiger partial charge in [-0.1, -0.05) is 0 Å². The number of halogens is 2. The molecule has 2 amide bonds. The number of hydrogen-bond donors (Lipinski definition) is 4. The molecule has 0 saturated heterocycles. The van der Waals surface area contributed by atoms with Crippen LogP contribution in [0.5, 0.6) is 0 Å². The third kappa shape index (κ3) is 5.30. The number of rotatable bonds is 7. The number of fused-ring (bicyclic) bond motifs is 1. The Morgan fingerprint density at radius 2 is 1.62 bits per heavy atom. The highest BCUT2D eigenvalue weighted by atomic mass is 19.1. The van der Waals surface area contributed by atoms with Crippen LogP contribution in [0.1, 0.15) is 15.9 Å². The summed E-state index contributed by atoms with van der Waals surface area (Å²) in [6.07, 6.45) is 1.56. The van der Waals surface area contributed by atoms with Crippen molar-refractivity contribution in [2.45, 2.75) is 0 Å². The zero-order valence-corrected chi connectivity index (χ0v) is 17.8. The lowest BCUT2D eigenvalue weighted by molar-refractivity contribution is 0.103. The summed E-state index contributed by atoms with van der Waals surface area (Å²) in [5.74, 6) is -1.24. The van der Waals surface area contributed by atoms with Gasteiger partial charge in [-0.25, -0.2) is 18.6 Å². The fraction of sp³-hybridized carbons (Fsp3) is 0.0833. The molecule has 0 aliphatic carbocycles. The molecule has 0 spiro atoms. The fourth-order valence-electron chi connectivity index (χ4n) is 3.20. The summed E-state index contributed by atoms with van der Waals surface area (Å²) in [4.78, 5) is 34.0.